The van der Waals surface area contributed by atoms with Crippen molar-refractivity contribution in [2.24, 2.45) is 0 Å². The summed E-state index contributed by atoms with van der Waals surface area (Å²) in [6.45, 7) is 3.58. The lowest BCUT2D eigenvalue weighted by atomic mass is 9.94. The first-order valence-corrected chi connectivity index (χ1v) is 7.12. The first-order valence-electron chi connectivity index (χ1n) is 5.95. The van der Waals surface area contributed by atoms with Gasteiger partial charge in [0, 0.05) is 4.47 Å². The minimum absolute atomic E-state index is 0.00933. The molecule has 0 bridgehead atoms. The molecule has 1 atom stereocenters. The van der Waals surface area contributed by atoms with Crippen LogP contribution in [0.15, 0.2) is 22.7 Å². The number of nitrogens with zero attached hydrogens (tertiary/aromatic N) is 1. The van der Waals surface area contributed by atoms with Crippen LogP contribution in [0.4, 0.5) is 5.69 Å². The lowest BCUT2D eigenvalue weighted by molar-refractivity contribution is -0.135. The molecule has 19 heavy (non-hydrogen) atoms. The fourth-order valence-electron chi connectivity index (χ4n) is 2.04. The topological polar surface area (TPSA) is 49.4 Å². The molecule has 1 aliphatic heterocycles. The van der Waals surface area contributed by atoms with Crippen molar-refractivity contribution in [3.63, 3.8) is 0 Å². The maximum absolute atomic E-state index is 12.5. The summed E-state index contributed by atoms with van der Waals surface area (Å²) in [6, 6.07) is 5.23. The van der Waals surface area contributed by atoms with Crippen molar-refractivity contribution >= 4 is 45.0 Å². The standard InChI is InChI=1S/C13H14BrClN2O2/c1-3-13(2)12(19)17(7-11(18)16-13)10-6-8(14)4-5-9(10)15/h4-6H,3,7H2,1-2H3,(H,16,18). The number of amides is 2. The van der Waals surface area contributed by atoms with Gasteiger partial charge in [-0.05, 0) is 31.5 Å². The summed E-state index contributed by atoms with van der Waals surface area (Å²) in [6.07, 6.45) is 0.527. The Morgan fingerprint density at radius 3 is 2.79 bits per heavy atom. The monoisotopic (exact) mass is 344 g/mol. The third-order valence-electron chi connectivity index (χ3n) is 3.34. The number of hydrogen-bond donors (Lipinski definition) is 1. The Morgan fingerprint density at radius 1 is 1.47 bits per heavy atom. The molecule has 4 nitrogen and oxygen atoms in total. The molecular formula is C13H14BrClN2O2. The fraction of sp³-hybridized carbons (Fsp3) is 0.385. The van der Waals surface area contributed by atoms with Crippen LogP contribution < -0.4 is 10.2 Å². The van der Waals surface area contributed by atoms with Gasteiger partial charge in [-0.15, -0.1) is 0 Å². The maximum Gasteiger partial charge on any atom is 0.252 e. The van der Waals surface area contributed by atoms with E-state index in [4.69, 9.17) is 11.6 Å². The highest BCUT2D eigenvalue weighted by Gasteiger charge is 2.42. The van der Waals surface area contributed by atoms with Gasteiger partial charge in [-0.2, -0.15) is 0 Å². The number of carbonyl (C=O) groups excluding carboxylic acids is 2. The van der Waals surface area contributed by atoms with E-state index >= 15 is 0 Å². The number of halogens is 2. The number of piperazine rings is 1. The molecule has 0 aliphatic carbocycles. The highest BCUT2D eigenvalue weighted by Crippen LogP contribution is 2.32. The van der Waals surface area contributed by atoms with Crippen molar-refractivity contribution in [2.75, 3.05) is 11.4 Å². The number of rotatable bonds is 2. The molecule has 2 rings (SSSR count). The van der Waals surface area contributed by atoms with Gasteiger partial charge in [0.1, 0.15) is 12.1 Å². The Morgan fingerprint density at radius 2 is 2.16 bits per heavy atom. The number of nitrogens with one attached hydrogen (secondary N) is 1. The largest absolute Gasteiger partial charge is 0.340 e. The minimum Gasteiger partial charge on any atom is -0.340 e. The molecule has 1 saturated heterocycles. The molecule has 1 aromatic carbocycles. The molecule has 1 N–H and O–H groups in total. The highest BCUT2D eigenvalue weighted by atomic mass is 79.9. The second-order valence-corrected chi connectivity index (χ2v) is 6.04. The molecule has 1 aromatic rings. The van der Waals surface area contributed by atoms with Crippen LogP contribution in [0.25, 0.3) is 0 Å². The molecule has 1 unspecified atom stereocenters. The molecule has 6 heteroatoms. The number of hydrogen-bond acceptors (Lipinski definition) is 2. The predicted octanol–water partition coefficient (Wildman–Crippen LogP) is 2.73. The second kappa shape index (κ2) is 5.13. The van der Waals surface area contributed by atoms with Crippen LogP contribution in [-0.2, 0) is 9.59 Å². The fourth-order valence-corrected chi connectivity index (χ4v) is 2.61. The van der Waals surface area contributed by atoms with Gasteiger partial charge >= 0.3 is 0 Å². The van der Waals surface area contributed by atoms with E-state index < -0.39 is 5.54 Å². The quantitative estimate of drug-likeness (QED) is 0.896. The summed E-state index contributed by atoms with van der Waals surface area (Å²) in [5.74, 6) is -0.324. The molecule has 0 saturated carbocycles. The molecule has 0 spiro atoms. The molecule has 0 radical (unpaired) electrons. The lowest BCUT2D eigenvalue weighted by Gasteiger charge is -2.39. The Bertz CT molecular complexity index is 549. The Balaban J connectivity index is 2.46. The first-order chi connectivity index (χ1) is 8.87. The van der Waals surface area contributed by atoms with Crippen molar-refractivity contribution in [2.45, 2.75) is 25.8 Å². The maximum atomic E-state index is 12.5. The average molecular weight is 346 g/mol. The van der Waals surface area contributed by atoms with Crippen molar-refractivity contribution in [3.05, 3.63) is 27.7 Å². The third-order valence-corrected chi connectivity index (χ3v) is 4.15. The van der Waals surface area contributed by atoms with Crippen molar-refractivity contribution in [3.8, 4) is 0 Å². The summed E-state index contributed by atoms with van der Waals surface area (Å²) in [5.41, 5.74) is -0.323. The number of carbonyl (C=O) groups is 2. The van der Waals surface area contributed by atoms with E-state index in [1.807, 2.05) is 6.92 Å². The van der Waals surface area contributed by atoms with Gasteiger partial charge in [0.2, 0.25) is 5.91 Å². The van der Waals surface area contributed by atoms with Crippen LogP contribution >= 0.6 is 27.5 Å². The normalized spacial score (nSPS) is 23.5. The minimum atomic E-state index is -0.874. The van der Waals surface area contributed by atoms with Crippen LogP contribution in [0.5, 0.6) is 0 Å². The average Bonchev–Trinajstić information content (AvgIpc) is 2.37. The van der Waals surface area contributed by atoms with Crippen molar-refractivity contribution in [1.29, 1.82) is 0 Å². The Hall–Kier alpha value is -1.07. The molecule has 0 aromatic heterocycles. The van der Waals surface area contributed by atoms with Crippen molar-refractivity contribution < 1.29 is 9.59 Å². The zero-order chi connectivity index (χ0) is 14.2. The Kier molecular flexibility index (Phi) is 3.87. The van der Waals surface area contributed by atoms with E-state index in [2.05, 4.69) is 21.2 Å². The predicted molar refractivity (Wildman–Crippen MR) is 78.3 cm³/mol. The van der Waals surface area contributed by atoms with Gasteiger partial charge in [0.15, 0.2) is 0 Å². The van der Waals surface area contributed by atoms with E-state index in [-0.39, 0.29) is 18.4 Å². The van der Waals surface area contributed by atoms with Gasteiger partial charge in [0.05, 0.1) is 10.7 Å². The van der Waals surface area contributed by atoms with Crippen molar-refractivity contribution in [1.82, 2.24) is 5.32 Å². The molecule has 2 amide bonds. The number of anilines is 1. The van der Waals surface area contributed by atoms with E-state index in [1.165, 1.54) is 4.90 Å². The molecular weight excluding hydrogens is 332 g/mol. The lowest BCUT2D eigenvalue weighted by Crippen LogP contribution is -2.65. The van der Waals surface area contributed by atoms with E-state index in [0.29, 0.717) is 17.1 Å². The van der Waals surface area contributed by atoms with Crippen LogP contribution in [0, 0.1) is 0 Å². The van der Waals surface area contributed by atoms with Crippen LogP contribution in [0.1, 0.15) is 20.3 Å². The highest BCUT2D eigenvalue weighted by molar-refractivity contribution is 9.10. The molecule has 1 aliphatic rings. The Labute approximate surface area is 125 Å². The van der Waals surface area contributed by atoms with Gasteiger partial charge in [0.25, 0.3) is 5.91 Å². The summed E-state index contributed by atoms with van der Waals surface area (Å²) in [7, 11) is 0. The van der Waals surface area contributed by atoms with Gasteiger partial charge < -0.3 is 5.32 Å². The van der Waals surface area contributed by atoms with Crippen LogP contribution in [0.2, 0.25) is 5.02 Å². The van der Waals surface area contributed by atoms with Gasteiger partial charge in [-0.25, -0.2) is 0 Å². The molecule has 102 valence electrons. The SMILES string of the molecule is CCC1(C)NC(=O)CN(c2cc(Br)ccc2Cl)C1=O. The van der Waals surface area contributed by atoms with E-state index in [9.17, 15) is 9.59 Å². The van der Waals surface area contributed by atoms with Gasteiger partial charge in [-0.1, -0.05) is 34.5 Å². The molecule has 1 heterocycles. The zero-order valence-corrected chi connectivity index (χ0v) is 13.0. The van der Waals surface area contributed by atoms with E-state index in [0.717, 1.165) is 4.47 Å². The number of benzene rings is 1. The first kappa shape index (κ1) is 14.3. The zero-order valence-electron chi connectivity index (χ0n) is 10.7. The van der Waals surface area contributed by atoms with E-state index in [1.54, 1.807) is 25.1 Å². The summed E-state index contributed by atoms with van der Waals surface area (Å²) in [5, 5.41) is 3.19. The van der Waals surface area contributed by atoms with Crippen LogP contribution in [-0.4, -0.2) is 23.9 Å². The molecule has 1 fully saturated rings. The third kappa shape index (κ3) is 2.62. The summed E-state index contributed by atoms with van der Waals surface area (Å²) >= 11 is 9.48. The summed E-state index contributed by atoms with van der Waals surface area (Å²) < 4.78 is 0.809. The smallest absolute Gasteiger partial charge is 0.252 e. The van der Waals surface area contributed by atoms with Gasteiger partial charge in [-0.3, -0.25) is 14.5 Å². The second-order valence-electron chi connectivity index (χ2n) is 4.72. The van der Waals surface area contributed by atoms with Crippen LogP contribution in [0.3, 0.4) is 0 Å². The summed E-state index contributed by atoms with van der Waals surface area (Å²) in [4.78, 5) is 25.8.